The fraction of sp³-hybridized carbons (Fsp3) is 0.417. The first-order chi connectivity index (χ1) is 7.61. The van der Waals surface area contributed by atoms with E-state index >= 15 is 0 Å². The summed E-state index contributed by atoms with van der Waals surface area (Å²) in [5, 5.41) is 2.87. The molecule has 1 amide bonds. The van der Waals surface area contributed by atoms with Crippen LogP contribution in [0.25, 0.3) is 0 Å². The first kappa shape index (κ1) is 13.2. The van der Waals surface area contributed by atoms with E-state index in [1.807, 2.05) is 31.2 Å². The van der Waals surface area contributed by atoms with Crippen molar-refractivity contribution >= 4 is 21.8 Å². The molecule has 0 aromatic heterocycles. The van der Waals surface area contributed by atoms with Gasteiger partial charge in [0.25, 0.3) is 0 Å². The lowest BCUT2D eigenvalue weighted by molar-refractivity contribution is -0.121. The predicted octanol–water partition coefficient (Wildman–Crippen LogP) is 2.14. The zero-order valence-electron chi connectivity index (χ0n) is 9.50. The van der Waals surface area contributed by atoms with Gasteiger partial charge >= 0.3 is 0 Å². The van der Waals surface area contributed by atoms with Crippen LogP contribution in [0.1, 0.15) is 12.5 Å². The molecule has 1 aromatic rings. The molecule has 0 heterocycles. The summed E-state index contributed by atoms with van der Waals surface area (Å²) in [6, 6.07) is 7.78. The summed E-state index contributed by atoms with van der Waals surface area (Å²) in [6.45, 7) is 2.45. The molecule has 0 saturated carbocycles. The van der Waals surface area contributed by atoms with Crippen LogP contribution in [0.15, 0.2) is 28.7 Å². The van der Waals surface area contributed by atoms with Crippen LogP contribution in [0, 0.1) is 0 Å². The maximum absolute atomic E-state index is 11.6. The van der Waals surface area contributed by atoms with Gasteiger partial charge in [0, 0.05) is 17.6 Å². The van der Waals surface area contributed by atoms with Crippen molar-refractivity contribution in [3.63, 3.8) is 0 Å². The molecule has 1 N–H and O–H groups in total. The van der Waals surface area contributed by atoms with Crippen molar-refractivity contribution in [3.05, 3.63) is 34.3 Å². The Morgan fingerprint density at radius 1 is 1.44 bits per heavy atom. The number of halogens is 1. The third kappa shape index (κ3) is 4.77. The van der Waals surface area contributed by atoms with Crippen LogP contribution in [-0.4, -0.2) is 25.7 Å². The van der Waals surface area contributed by atoms with E-state index in [9.17, 15) is 4.79 Å². The Bertz CT molecular complexity index is 337. The van der Waals surface area contributed by atoms with Crippen LogP contribution in [0.5, 0.6) is 0 Å². The summed E-state index contributed by atoms with van der Waals surface area (Å²) >= 11 is 3.36. The van der Waals surface area contributed by atoms with Gasteiger partial charge in [-0.25, -0.2) is 0 Å². The third-order valence-corrected chi connectivity index (χ3v) is 2.63. The molecule has 0 radical (unpaired) electrons. The summed E-state index contributed by atoms with van der Waals surface area (Å²) < 4.78 is 5.97. The fourth-order valence-corrected chi connectivity index (χ4v) is 1.67. The van der Waals surface area contributed by atoms with Gasteiger partial charge in [0.05, 0.1) is 13.0 Å². The molecule has 1 atom stereocenters. The number of ether oxygens (including phenoxy) is 1. The Morgan fingerprint density at radius 2 is 2.06 bits per heavy atom. The van der Waals surface area contributed by atoms with E-state index in [-0.39, 0.29) is 11.9 Å². The molecule has 3 nitrogen and oxygen atoms in total. The standard InChI is InChI=1S/C12H16BrNO2/c1-9(8-16-2)14-12(15)7-10-3-5-11(13)6-4-10/h3-6,9H,7-8H2,1-2H3,(H,14,15). The van der Waals surface area contributed by atoms with E-state index in [1.54, 1.807) is 7.11 Å². The minimum Gasteiger partial charge on any atom is -0.383 e. The molecule has 1 rings (SSSR count). The number of hydrogen-bond donors (Lipinski definition) is 1. The van der Waals surface area contributed by atoms with Gasteiger partial charge in [-0.2, -0.15) is 0 Å². The molecule has 0 aliphatic heterocycles. The summed E-state index contributed by atoms with van der Waals surface area (Å²) in [6.07, 6.45) is 0.404. The minimum atomic E-state index is 0.0203. The highest BCUT2D eigenvalue weighted by atomic mass is 79.9. The van der Waals surface area contributed by atoms with Gasteiger partial charge in [0.1, 0.15) is 0 Å². The van der Waals surface area contributed by atoms with Gasteiger partial charge < -0.3 is 10.1 Å². The minimum absolute atomic E-state index is 0.0203. The number of nitrogens with one attached hydrogen (secondary N) is 1. The third-order valence-electron chi connectivity index (χ3n) is 2.10. The van der Waals surface area contributed by atoms with E-state index in [0.717, 1.165) is 10.0 Å². The predicted molar refractivity (Wildman–Crippen MR) is 67.3 cm³/mol. The first-order valence-corrected chi connectivity index (χ1v) is 5.94. The van der Waals surface area contributed by atoms with Crippen LogP contribution in [0.4, 0.5) is 0 Å². The van der Waals surface area contributed by atoms with Crippen LogP contribution >= 0.6 is 15.9 Å². The smallest absolute Gasteiger partial charge is 0.224 e. The molecule has 0 spiro atoms. The molecule has 1 aromatic carbocycles. The number of rotatable bonds is 5. The number of hydrogen-bond acceptors (Lipinski definition) is 2. The number of benzene rings is 1. The molecule has 16 heavy (non-hydrogen) atoms. The average molecular weight is 286 g/mol. The van der Waals surface area contributed by atoms with Crippen molar-refractivity contribution < 1.29 is 9.53 Å². The molecule has 88 valence electrons. The van der Waals surface area contributed by atoms with Crippen LogP contribution in [0.3, 0.4) is 0 Å². The maximum Gasteiger partial charge on any atom is 0.224 e. The van der Waals surface area contributed by atoms with Crippen molar-refractivity contribution in [2.45, 2.75) is 19.4 Å². The molecule has 4 heteroatoms. The van der Waals surface area contributed by atoms with E-state index in [2.05, 4.69) is 21.2 Å². The number of carbonyl (C=O) groups is 1. The summed E-state index contributed by atoms with van der Waals surface area (Å²) in [5.74, 6) is 0.0203. The highest BCUT2D eigenvalue weighted by Gasteiger charge is 2.07. The van der Waals surface area contributed by atoms with Gasteiger partial charge in [-0.3, -0.25) is 4.79 Å². The van der Waals surface area contributed by atoms with Crippen LogP contribution < -0.4 is 5.32 Å². The fourth-order valence-electron chi connectivity index (χ4n) is 1.41. The van der Waals surface area contributed by atoms with E-state index in [0.29, 0.717) is 13.0 Å². The van der Waals surface area contributed by atoms with Crippen molar-refractivity contribution in [1.29, 1.82) is 0 Å². The van der Waals surface area contributed by atoms with Gasteiger partial charge in [0.2, 0.25) is 5.91 Å². The second kappa shape index (κ2) is 6.66. The summed E-state index contributed by atoms with van der Waals surface area (Å²) in [5.41, 5.74) is 1.00. The molecule has 0 saturated heterocycles. The lowest BCUT2D eigenvalue weighted by Crippen LogP contribution is -2.36. The first-order valence-electron chi connectivity index (χ1n) is 5.14. The second-order valence-electron chi connectivity index (χ2n) is 3.73. The zero-order valence-corrected chi connectivity index (χ0v) is 11.1. The Balaban J connectivity index is 2.42. The van der Waals surface area contributed by atoms with Crippen molar-refractivity contribution in [2.24, 2.45) is 0 Å². The molecule has 1 unspecified atom stereocenters. The molecular weight excluding hydrogens is 270 g/mol. The van der Waals surface area contributed by atoms with Crippen molar-refractivity contribution in [1.82, 2.24) is 5.32 Å². The second-order valence-corrected chi connectivity index (χ2v) is 4.64. The largest absolute Gasteiger partial charge is 0.383 e. The van der Waals surface area contributed by atoms with Crippen LogP contribution in [0.2, 0.25) is 0 Å². The quantitative estimate of drug-likeness (QED) is 0.900. The SMILES string of the molecule is COCC(C)NC(=O)Cc1ccc(Br)cc1. The van der Waals surface area contributed by atoms with Gasteiger partial charge in [-0.15, -0.1) is 0 Å². The monoisotopic (exact) mass is 285 g/mol. The van der Waals surface area contributed by atoms with Crippen LogP contribution in [-0.2, 0) is 16.0 Å². The summed E-state index contributed by atoms with van der Waals surface area (Å²) in [7, 11) is 1.62. The Labute approximate surface area is 104 Å². The molecule has 0 fully saturated rings. The lowest BCUT2D eigenvalue weighted by atomic mass is 10.1. The molecule has 0 aliphatic rings. The van der Waals surface area contributed by atoms with Crippen molar-refractivity contribution in [2.75, 3.05) is 13.7 Å². The molecule has 0 bridgehead atoms. The normalized spacial score (nSPS) is 12.2. The number of amides is 1. The van der Waals surface area contributed by atoms with E-state index < -0.39 is 0 Å². The van der Waals surface area contributed by atoms with Crippen molar-refractivity contribution in [3.8, 4) is 0 Å². The van der Waals surface area contributed by atoms with Gasteiger partial charge in [0.15, 0.2) is 0 Å². The van der Waals surface area contributed by atoms with E-state index in [4.69, 9.17) is 4.74 Å². The summed E-state index contributed by atoms with van der Waals surface area (Å²) in [4.78, 5) is 11.6. The Kier molecular flexibility index (Phi) is 5.49. The van der Waals surface area contributed by atoms with E-state index in [1.165, 1.54) is 0 Å². The Morgan fingerprint density at radius 3 is 2.62 bits per heavy atom. The molecule has 0 aliphatic carbocycles. The zero-order chi connectivity index (χ0) is 12.0. The topological polar surface area (TPSA) is 38.3 Å². The Hall–Kier alpha value is -0.870. The highest BCUT2D eigenvalue weighted by Crippen LogP contribution is 2.10. The maximum atomic E-state index is 11.6. The lowest BCUT2D eigenvalue weighted by Gasteiger charge is -2.12. The average Bonchev–Trinajstić information content (AvgIpc) is 2.21. The highest BCUT2D eigenvalue weighted by molar-refractivity contribution is 9.10. The van der Waals surface area contributed by atoms with Gasteiger partial charge in [-0.05, 0) is 24.6 Å². The molecular formula is C12H16BrNO2. The number of carbonyl (C=O) groups excluding carboxylic acids is 1. The van der Waals surface area contributed by atoms with Gasteiger partial charge in [-0.1, -0.05) is 28.1 Å². The number of methoxy groups -OCH3 is 1.